The van der Waals surface area contributed by atoms with Crippen LogP contribution < -0.4 is 5.73 Å². The second-order valence-electron chi connectivity index (χ2n) is 2.25. The Morgan fingerprint density at radius 1 is 1.21 bits per heavy atom. The third-order valence-electron chi connectivity index (χ3n) is 1.26. The smallest absolute Gasteiger partial charge is 0.375 e. The SMILES string of the molecule is Nc1nc(C(F)(F)C(F)(F)F)c(Cl)s1. The maximum atomic E-state index is 12.6. The van der Waals surface area contributed by atoms with Crippen LogP contribution in [0.25, 0.3) is 0 Å². The van der Waals surface area contributed by atoms with Gasteiger partial charge >= 0.3 is 12.1 Å². The molecule has 0 radical (unpaired) electrons. The summed E-state index contributed by atoms with van der Waals surface area (Å²) < 4.78 is 59.9. The van der Waals surface area contributed by atoms with Gasteiger partial charge in [0.1, 0.15) is 4.34 Å². The molecule has 0 atom stereocenters. The van der Waals surface area contributed by atoms with Crippen LogP contribution in [-0.4, -0.2) is 11.2 Å². The maximum absolute atomic E-state index is 12.6. The molecule has 1 heterocycles. The summed E-state index contributed by atoms with van der Waals surface area (Å²) in [6, 6.07) is 0. The molecular weight excluding hydrogens is 251 g/mol. The molecule has 0 unspecified atom stereocenters. The Hall–Kier alpha value is -0.630. The van der Waals surface area contributed by atoms with Crippen molar-refractivity contribution < 1.29 is 22.0 Å². The molecule has 0 aliphatic rings. The number of nitrogens with zero attached hydrogens (tertiary/aromatic N) is 1. The molecular formula is C5H2ClF5N2S. The molecule has 0 aromatic carbocycles. The summed E-state index contributed by atoms with van der Waals surface area (Å²) in [6.07, 6.45) is -5.73. The minimum atomic E-state index is -5.73. The summed E-state index contributed by atoms with van der Waals surface area (Å²) in [5.74, 6) is -5.07. The van der Waals surface area contributed by atoms with Gasteiger partial charge in [-0.2, -0.15) is 22.0 Å². The minimum Gasteiger partial charge on any atom is -0.375 e. The van der Waals surface area contributed by atoms with E-state index in [1.807, 2.05) is 0 Å². The molecule has 0 saturated carbocycles. The molecule has 0 fully saturated rings. The molecule has 0 saturated heterocycles. The van der Waals surface area contributed by atoms with Crippen LogP contribution in [-0.2, 0) is 5.92 Å². The van der Waals surface area contributed by atoms with Crippen molar-refractivity contribution >= 4 is 28.1 Å². The number of alkyl halides is 5. The van der Waals surface area contributed by atoms with Crippen molar-refractivity contribution in [2.24, 2.45) is 0 Å². The maximum Gasteiger partial charge on any atom is 0.459 e. The van der Waals surface area contributed by atoms with E-state index in [-0.39, 0.29) is 0 Å². The summed E-state index contributed by atoms with van der Waals surface area (Å²) in [6.45, 7) is 0. The van der Waals surface area contributed by atoms with Crippen LogP contribution in [0, 0.1) is 0 Å². The van der Waals surface area contributed by atoms with Crippen molar-refractivity contribution in [1.29, 1.82) is 0 Å². The standard InChI is InChI=1S/C5H2ClF5N2S/c6-2-1(13-3(12)14-2)4(7,8)5(9,10)11/h(H2,12,13). The lowest BCUT2D eigenvalue weighted by atomic mass is 10.2. The zero-order chi connectivity index (χ0) is 11.1. The van der Waals surface area contributed by atoms with Crippen molar-refractivity contribution in [1.82, 2.24) is 4.98 Å². The van der Waals surface area contributed by atoms with Gasteiger partial charge in [0, 0.05) is 0 Å². The largest absolute Gasteiger partial charge is 0.459 e. The zero-order valence-electron chi connectivity index (χ0n) is 6.20. The molecule has 1 rings (SSSR count). The summed E-state index contributed by atoms with van der Waals surface area (Å²) in [5.41, 5.74) is 3.39. The van der Waals surface area contributed by atoms with Crippen LogP contribution in [0.5, 0.6) is 0 Å². The molecule has 14 heavy (non-hydrogen) atoms. The van der Waals surface area contributed by atoms with Gasteiger partial charge in [-0.25, -0.2) is 4.98 Å². The molecule has 0 amide bonds. The fraction of sp³-hybridized carbons (Fsp3) is 0.400. The number of thiazole rings is 1. The lowest BCUT2D eigenvalue weighted by Gasteiger charge is -2.17. The van der Waals surface area contributed by atoms with Crippen molar-refractivity contribution in [3.05, 3.63) is 10.0 Å². The van der Waals surface area contributed by atoms with Crippen molar-refractivity contribution in [3.63, 3.8) is 0 Å². The van der Waals surface area contributed by atoms with E-state index in [0.29, 0.717) is 11.3 Å². The van der Waals surface area contributed by atoms with Crippen LogP contribution in [0.4, 0.5) is 27.1 Å². The molecule has 80 valence electrons. The van der Waals surface area contributed by atoms with E-state index < -0.39 is 27.3 Å². The third kappa shape index (κ3) is 1.76. The van der Waals surface area contributed by atoms with Gasteiger partial charge < -0.3 is 5.73 Å². The first-order valence-electron chi connectivity index (χ1n) is 3.03. The highest BCUT2D eigenvalue weighted by molar-refractivity contribution is 7.19. The second-order valence-corrected chi connectivity index (χ2v) is 3.88. The molecule has 0 spiro atoms. The first kappa shape index (κ1) is 11.4. The topological polar surface area (TPSA) is 38.9 Å². The van der Waals surface area contributed by atoms with Crippen molar-refractivity contribution in [2.75, 3.05) is 5.73 Å². The van der Waals surface area contributed by atoms with Crippen molar-refractivity contribution in [3.8, 4) is 0 Å². The predicted octanol–water partition coefficient (Wildman–Crippen LogP) is 3.03. The Balaban J connectivity index is 3.22. The highest BCUT2D eigenvalue weighted by Crippen LogP contribution is 2.47. The average Bonchev–Trinajstić information content (AvgIpc) is 2.27. The number of nitrogens with two attached hydrogens (primary N) is 1. The highest BCUT2D eigenvalue weighted by Gasteiger charge is 2.61. The van der Waals surface area contributed by atoms with E-state index in [9.17, 15) is 22.0 Å². The van der Waals surface area contributed by atoms with E-state index in [4.69, 9.17) is 17.3 Å². The fourth-order valence-electron chi connectivity index (χ4n) is 0.645. The summed E-state index contributed by atoms with van der Waals surface area (Å²) in [4.78, 5) is 2.84. The average molecular weight is 253 g/mol. The van der Waals surface area contributed by atoms with Crippen LogP contribution in [0.2, 0.25) is 4.34 Å². The molecule has 1 aromatic heterocycles. The van der Waals surface area contributed by atoms with Gasteiger partial charge in [-0.15, -0.1) is 0 Å². The number of rotatable bonds is 1. The lowest BCUT2D eigenvalue weighted by Crippen LogP contribution is -2.34. The molecule has 0 bridgehead atoms. The van der Waals surface area contributed by atoms with Gasteiger partial charge in [0.25, 0.3) is 0 Å². The first-order chi connectivity index (χ1) is 6.16. The molecule has 2 nitrogen and oxygen atoms in total. The second kappa shape index (κ2) is 3.20. The third-order valence-corrected chi connectivity index (χ3v) is 2.34. The van der Waals surface area contributed by atoms with Gasteiger partial charge in [-0.1, -0.05) is 22.9 Å². The van der Waals surface area contributed by atoms with Gasteiger partial charge in [-0.3, -0.25) is 0 Å². The molecule has 1 aromatic rings. The Morgan fingerprint density at radius 3 is 2.00 bits per heavy atom. The number of halogens is 6. The minimum absolute atomic E-state index is 0.364. The Bertz CT molecular complexity index is 346. The molecule has 0 aliphatic carbocycles. The highest BCUT2D eigenvalue weighted by atomic mass is 35.5. The van der Waals surface area contributed by atoms with Crippen LogP contribution >= 0.6 is 22.9 Å². The van der Waals surface area contributed by atoms with Crippen LogP contribution in [0.1, 0.15) is 5.69 Å². The first-order valence-corrected chi connectivity index (χ1v) is 4.22. The molecule has 9 heteroatoms. The normalized spacial score (nSPS) is 13.3. The van der Waals surface area contributed by atoms with Crippen LogP contribution in [0.3, 0.4) is 0 Å². The summed E-state index contributed by atoms with van der Waals surface area (Å²) in [7, 11) is 0. The van der Waals surface area contributed by atoms with Gasteiger partial charge in [-0.05, 0) is 0 Å². The van der Waals surface area contributed by atoms with E-state index in [2.05, 4.69) is 4.98 Å². The Kier molecular flexibility index (Phi) is 2.61. The van der Waals surface area contributed by atoms with Gasteiger partial charge in [0.05, 0.1) is 0 Å². The van der Waals surface area contributed by atoms with E-state index >= 15 is 0 Å². The van der Waals surface area contributed by atoms with Crippen molar-refractivity contribution in [2.45, 2.75) is 12.1 Å². The summed E-state index contributed by atoms with van der Waals surface area (Å²) in [5, 5.41) is -0.436. The zero-order valence-corrected chi connectivity index (χ0v) is 7.77. The Labute approximate surface area is 83.5 Å². The van der Waals surface area contributed by atoms with E-state index in [1.165, 1.54) is 0 Å². The predicted molar refractivity (Wildman–Crippen MR) is 41.5 cm³/mol. The number of nitrogen functional groups attached to an aromatic ring is 1. The van der Waals surface area contributed by atoms with Gasteiger partial charge in [0.15, 0.2) is 10.8 Å². The molecule has 2 N–H and O–H groups in total. The van der Waals surface area contributed by atoms with Gasteiger partial charge in [0.2, 0.25) is 0 Å². The van der Waals surface area contributed by atoms with E-state index in [1.54, 1.807) is 0 Å². The fourth-order valence-corrected chi connectivity index (χ4v) is 1.63. The monoisotopic (exact) mass is 252 g/mol. The molecule has 0 aliphatic heterocycles. The number of anilines is 1. The quantitative estimate of drug-likeness (QED) is 0.780. The number of hydrogen-bond acceptors (Lipinski definition) is 3. The van der Waals surface area contributed by atoms with Crippen LogP contribution in [0.15, 0.2) is 0 Å². The van der Waals surface area contributed by atoms with E-state index in [0.717, 1.165) is 0 Å². The number of aromatic nitrogens is 1. The Morgan fingerprint density at radius 2 is 1.71 bits per heavy atom. The summed E-state index contributed by atoms with van der Waals surface area (Å²) >= 11 is 5.50. The lowest BCUT2D eigenvalue weighted by molar-refractivity contribution is -0.290. The number of hydrogen-bond donors (Lipinski definition) is 1.